The molecule has 0 bridgehead atoms. The van der Waals surface area contributed by atoms with E-state index in [-0.39, 0.29) is 10.0 Å². The van der Waals surface area contributed by atoms with Gasteiger partial charge in [-0.2, -0.15) is 13.2 Å². The van der Waals surface area contributed by atoms with E-state index >= 15 is 0 Å². The summed E-state index contributed by atoms with van der Waals surface area (Å²) >= 11 is 3.02. The number of benzene rings is 2. The van der Waals surface area contributed by atoms with E-state index in [4.69, 9.17) is 0 Å². The molecule has 116 valence electrons. The van der Waals surface area contributed by atoms with Gasteiger partial charge in [-0.05, 0) is 29.8 Å². The zero-order chi connectivity index (χ0) is 16.4. The van der Waals surface area contributed by atoms with Crippen molar-refractivity contribution >= 4 is 22.0 Å². The van der Waals surface area contributed by atoms with Crippen LogP contribution in [0.3, 0.4) is 0 Å². The van der Waals surface area contributed by atoms with Crippen molar-refractivity contribution in [1.29, 1.82) is 0 Å². The van der Waals surface area contributed by atoms with Crippen LogP contribution < -0.4 is 0 Å². The van der Waals surface area contributed by atoms with Crippen molar-refractivity contribution in [3.63, 3.8) is 0 Å². The summed E-state index contributed by atoms with van der Waals surface area (Å²) < 4.78 is 53.0. The van der Waals surface area contributed by atoms with Crippen LogP contribution in [0.4, 0.5) is 17.6 Å². The molecule has 0 spiro atoms. The van der Waals surface area contributed by atoms with Crippen LogP contribution in [0.2, 0.25) is 0 Å². The largest absolute Gasteiger partial charge is 0.425 e. The van der Waals surface area contributed by atoms with Gasteiger partial charge in [0.2, 0.25) is 5.60 Å². The lowest BCUT2D eigenvalue weighted by molar-refractivity contribution is -0.245. The summed E-state index contributed by atoms with van der Waals surface area (Å²) in [5, 5.41) is 10.2. The van der Waals surface area contributed by atoms with E-state index in [0.717, 1.165) is 18.2 Å². The Morgan fingerprint density at radius 3 is 2.09 bits per heavy atom. The second-order valence-corrected chi connectivity index (χ2v) is 5.48. The molecule has 0 heterocycles. The van der Waals surface area contributed by atoms with Crippen molar-refractivity contribution in [2.24, 2.45) is 0 Å². The molecule has 0 saturated heterocycles. The van der Waals surface area contributed by atoms with Gasteiger partial charge in [-0.3, -0.25) is 0 Å². The van der Waals surface area contributed by atoms with Crippen LogP contribution in [-0.4, -0.2) is 11.3 Å². The zero-order valence-electron chi connectivity index (χ0n) is 11.1. The van der Waals surface area contributed by atoms with Gasteiger partial charge in [0.25, 0.3) is 0 Å². The lowest BCUT2D eigenvalue weighted by Gasteiger charge is -2.28. The molecule has 1 nitrogen and oxygen atoms in total. The Labute approximate surface area is 133 Å². The fraction of sp³-hybridized carbons (Fsp3) is 0.125. The Balaban J connectivity index is 2.47. The maximum Gasteiger partial charge on any atom is 0.425 e. The summed E-state index contributed by atoms with van der Waals surface area (Å²) in [6, 6.07) is 10.5. The van der Waals surface area contributed by atoms with E-state index in [2.05, 4.69) is 15.9 Å². The standard InChI is InChI=1S/C16H11BrF4O/c17-14-4-2-1-3-13(14)15(22,16(19,20)21)10-9-11-5-7-12(18)8-6-11/h1-10,22H. The number of rotatable bonds is 3. The molecule has 0 aromatic heterocycles. The van der Waals surface area contributed by atoms with Gasteiger partial charge in [-0.25, -0.2) is 4.39 Å². The Kier molecular flexibility index (Phi) is 4.72. The number of alkyl halides is 3. The summed E-state index contributed by atoms with van der Waals surface area (Å²) in [4.78, 5) is 0. The maximum atomic E-state index is 13.4. The van der Waals surface area contributed by atoms with E-state index in [0.29, 0.717) is 11.6 Å². The van der Waals surface area contributed by atoms with Crippen LogP contribution >= 0.6 is 15.9 Å². The lowest BCUT2D eigenvalue weighted by Crippen LogP contribution is -2.40. The maximum absolute atomic E-state index is 13.4. The normalized spacial score (nSPS) is 15.0. The van der Waals surface area contributed by atoms with Crippen molar-refractivity contribution < 1.29 is 22.7 Å². The molecular formula is C16H11BrF4O. The Hall–Kier alpha value is -1.66. The summed E-state index contributed by atoms with van der Waals surface area (Å²) in [5.41, 5.74) is -3.13. The van der Waals surface area contributed by atoms with E-state index in [1.807, 2.05) is 0 Å². The summed E-state index contributed by atoms with van der Waals surface area (Å²) in [6.45, 7) is 0. The molecule has 6 heteroatoms. The third kappa shape index (κ3) is 3.39. The quantitative estimate of drug-likeness (QED) is 0.745. The second kappa shape index (κ2) is 6.22. The van der Waals surface area contributed by atoms with Crippen molar-refractivity contribution in [2.75, 3.05) is 0 Å². The molecule has 1 N–H and O–H groups in total. The predicted molar refractivity (Wildman–Crippen MR) is 79.5 cm³/mol. The van der Waals surface area contributed by atoms with Gasteiger partial charge in [-0.15, -0.1) is 0 Å². The molecule has 0 fully saturated rings. The highest BCUT2D eigenvalue weighted by Crippen LogP contribution is 2.43. The first-order chi connectivity index (χ1) is 10.2. The van der Waals surface area contributed by atoms with E-state index in [9.17, 15) is 22.7 Å². The summed E-state index contributed by atoms with van der Waals surface area (Å²) in [5.74, 6) is -0.492. The molecule has 0 aliphatic carbocycles. The monoisotopic (exact) mass is 374 g/mol. The number of aliphatic hydroxyl groups is 1. The van der Waals surface area contributed by atoms with Crippen molar-refractivity contribution in [3.8, 4) is 0 Å². The van der Waals surface area contributed by atoms with E-state index in [1.165, 1.54) is 30.3 Å². The highest BCUT2D eigenvalue weighted by molar-refractivity contribution is 9.10. The van der Waals surface area contributed by atoms with Gasteiger partial charge >= 0.3 is 6.18 Å². The lowest BCUT2D eigenvalue weighted by atomic mass is 9.92. The van der Waals surface area contributed by atoms with Crippen molar-refractivity contribution in [1.82, 2.24) is 0 Å². The molecule has 2 aromatic carbocycles. The zero-order valence-corrected chi connectivity index (χ0v) is 12.7. The third-order valence-electron chi connectivity index (χ3n) is 3.10. The highest BCUT2D eigenvalue weighted by Gasteiger charge is 2.54. The number of hydrogen-bond donors (Lipinski definition) is 1. The van der Waals surface area contributed by atoms with Crippen LogP contribution in [0.15, 0.2) is 59.1 Å². The summed E-state index contributed by atoms with van der Waals surface area (Å²) in [7, 11) is 0. The van der Waals surface area contributed by atoms with E-state index < -0.39 is 17.6 Å². The first kappa shape index (κ1) is 16.7. The highest BCUT2D eigenvalue weighted by atomic mass is 79.9. The molecule has 0 aliphatic rings. The molecule has 22 heavy (non-hydrogen) atoms. The molecule has 2 aromatic rings. The molecule has 1 atom stereocenters. The molecule has 1 unspecified atom stereocenters. The van der Waals surface area contributed by atoms with Crippen molar-refractivity contribution in [2.45, 2.75) is 11.8 Å². The SMILES string of the molecule is OC(C=Cc1ccc(F)cc1)(c1ccccc1Br)C(F)(F)F. The van der Waals surface area contributed by atoms with Crippen LogP contribution in [-0.2, 0) is 5.60 Å². The van der Waals surface area contributed by atoms with Crippen molar-refractivity contribution in [3.05, 3.63) is 76.0 Å². The van der Waals surface area contributed by atoms with Crippen LogP contribution in [0, 0.1) is 5.82 Å². The fourth-order valence-electron chi connectivity index (χ4n) is 1.90. The fourth-order valence-corrected chi connectivity index (χ4v) is 2.49. The smallest absolute Gasteiger partial charge is 0.373 e. The minimum absolute atomic E-state index is 0.138. The number of halogens is 5. The predicted octanol–water partition coefficient (Wildman–Crippen LogP) is 5.05. The average molecular weight is 375 g/mol. The molecular weight excluding hydrogens is 364 g/mol. The molecule has 0 amide bonds. The molecule has 0 radical (unpaired) electrons. The summed E-state index contributed by atoms with van der Waals surface area (Å²) in [6.07, 6.45) is -3.15. The number of hydrogen-bond acceptors (Lipinski definition) is 1. The molecule has 0 saturated carbocycles. The Morgan fingerprint density at radius 1 is 0.955 bits per heavy atom. The Morgan fingerprint density at radius 2 is 1.55 bits per heavy atom. The van der Waals surface area contributed by atoms with Gasteiger partial charge in [0.1, 0.15) is 5.82 Å². The first-order valence-electron chi connectivity index (χ1n) is 6.23. The third-order valence-corrected chi connectivity index (χ3v) is 3.80. The average Bonchev–Trinajstić information content (AvgIpc) is 2.45. The molecule has 2 rings (SSSR count). The van der Waals surface area contributed by atoms with Crippen LogP contribution in [0.25, 0.3) is 6.08 Å². The van der Waals surface area contributed by atoms with Crippen LogP contribution in [0.5, 0.6) is 0 Å². The minimum Gasteiger partial charge on any atom is -0.373 e. The topological polar surface area (TPSA) is 20.2 Å². The van der Waals surface area contributed by atoms with Gasteiger partial charge in [-0.1, -0.05) is 52.3 Å². The molecule has 0 aliphatic heterocycles. The second-order valence-electron chi connectivity index (χ2n) is 4.63. The van der Waals surface area contributed by atoms with Gasteiger partial charge in [0.15, 0.2) is 0 Å². The Bertz CT molecular complexity index is 679. The van der Waals surface area contributed by atoms with Gasteiger partial charge in [0.05, 0.1) is 0 Å². The van der Waals surface area contributed by atoms with Crippen LogP contribution in [0.1, 0.15) is 11.1 Å². The van der Waals surface area contributed by atoms with Gasteiger partial charge < -0.3 is 5.11 Å². The minimum atomic E-state index is -4.91. The van der Waals surface area contributed by atoms with Gasteiger partial charge in [0, 0.05) is 10.0 Å². The van der Waals surface area contributed by atoms with E-state index in [1.54, 1.807) is 6.07 Å². The first-order valence-corrected chi connectivity index (χ1v) is 7.02.